The molecule has 0 radical (unpaired) electrons. The van der Waals surface area contributed by atoms with Gasteiger partial charge in [-0.2, -0.15) is 18.3 Å². The predicted molar refractivity (Wildman–Crippen MR) is 53.0 cm³/mol. The normalized spacial score (nSPS) is 14.8. The molecule has 2 N–H and O–H groups in total. The second-order valence-corrected chi connectivity index (χ2v) is 3.76. The second-order valence-electron chi connectivity index (χ2n) is 3.76. The van der Waals surface area contributed by atoms with Crippen molar-refractivity contribution in [3.8, 4) is 11.6 Å². The van der Waals surface area contributed by atoms with Crippen LogP contribution in [-0.2, 0) is 19.3 Å². The summed E-state index contributed by atoms with van der Waals surface area (Å²) in [6.45, 7) is 0.420. The predicted octanol–water partition coefficient (Wildman–Crippen LogP) is 0.884. The van der Waals surface area contributed by atoms with E-state index in [0.717, 1.165) is 0 Å². The summed E-state index contributed by atoms with van der Waals surface area (Å²) in [4.78, 5) is 11.4. The highest BCUT2D eigenvalue weighted by Gasteiger charge is 2.38. The van der Waals surface area contributed by atoms with Gasteiger partial charge in [0.1, 0.15) is 6.33 Å². The van der Waals surface area contributed by atoms with E-state index in [2.05, 4.69) is 30.5 Å². The van der Waals surface area contributed by atoms with E-state index in [-0.39, 0.29) is 23.8 Å². The quantitative estimate of drug-likeness (QED) is 0.791. The molecule has 0 spiro atoms. The van der Waals surface area contributed by atoms with E-state index >= 15 is 0 Å². The fourth-order valence-corrected chi connectivity index (χ4v) is 1.82. The fourth-order valence-electron chi connectivity index (χ4n) is 1.82. The van der Waals surface area contributed by atoms with Crippen LogP contribution in [0.15, 0.2) is 6.33 Å². The molecule has 0 aliphatic carbocycles. The molecule has 18 heavy (non-hydrogen) atoms. The largest absolute Gasteiger partial charge is 0.433 e. The van der Waals surface area contributed by atoms with Crippen molar-refractivity contribution < 1.29 is 13.2 Å². The van der Waals surface area contributed by atoms with Gasteiger partial charge in [-0.3, -0.25) is 5.10 Å². The first-order valence-electron chi connectivity index (χ1n) is 5.09. The van der Waals surface area contributed by atoms with Gasteiger partial charge in [-0.05, 0) is 0 Å². The van der Waals surface area contributed by atoms with Gasteiger partial charge in [0.25, 0.3) is 0 Å². The number of fused-ring (bicyclic) bond motifs is 1. The lowest BCUT2D eigenvalue weighted by atomic mass is 10.2. The van der Waals surface area contributed by atoms with E-state index in [4.69, 9.17) is 0 Å². The van der Waals surface area contributed by atoms with E-state index < -0.39 is 11.9 Å². The first-order valence-corrected chi connectivity index (χ1v) is 5.09. The van der Waals surface area contributed by atoms with E-state index in [1.807, 2.05) is 0 Å². The van der Waals surface area contributed by atoms with Crippen LogP contribution in [0.5, 0.6) is 0 Å². The molecular formula is C9H7F3N6. The number of nitrogens with one attached hydrogen (secondary N) is 2. The third kappa shape index (κ3) is 1.72. The Morgan fingerprint density at radius 2 is 2.00 bits per heavy atom. The molecule has 3 heterocycles. The molecule has 9 heteroatoms. The summed E-state index contributed by atoms with van der Waals surface area (Å²) in [5.74, 6) is 0.0254. The molecule has 0 atom stereocenters. The maximum atomic E-state index is 12.9. The number of alkyl halides is 3. The van der Waals surface area contributed by atoms with Gasteiger partial charge in [0.05, 0.1) is 5.69 Å². The number of H-pyrrole nitrogens is 1. The summed E-state index contributed by atoms with van der Waals surface area (Å²) in [6.07, 6.45) is -3.31. The lowest BCUT2D eigenvalue weighted by Crippen LogP contribution is -2.14. The standard InChI is InChI=1S/C9H7F3N6/c10-9(11,12)6-4-1-13-2-5(4)16-8(17-6)7-14-3-15-18-7/h3,13H,1-2H2,(H,14,15,18). The molecule has 0 aromatic carbocycles. The molecular weight excluding hydrogens is 249 g/mol. The van der Waals surface area contributed by atoms with Gasteiger partial charge in [0, 0.05) is 18.7 Å². The maximum absolute atomic E-state index is 12.9. The first kappa shape index (κ1) is 11.1. The van der Waals surface area contributed by atoms with Gasteiger partial charge in [0.2, 0.25) is 0 Å². The summed E-state index contributed by atoms with van der Waals surface area (Å²) < 4.78 is 38.7. The average Bonchev–Trinajstić information content (AvgIpc) is 2.97. The minimum absolute atomic E-state index is 0.0951. The molecule has 0 bridgehead atoms. The zero-order chi connectivity index (χ0) is 12.8. The Kier molecular flexibility index (Phi) is 2.30. The summed E-state index contributed by atoms with van der Waals surface area (Å²) in [5, 5.41) is 8.84. The lowest BCUT2D eigenvalue weighted by Gasteiger charge is -2.11. The van der Waals surface area contributed by atoms with Crippen LogP contribution in [-0.4, -0.2) is 25.1 Å². The van der Waals surface area contributed by atoms with E-state index in [0.29, 0.717) is 12.2 Å². The van der Waals surface area contributed by atoms with Crippen LogP contribution < -0.4 is 5.32 Å². The van der Waals surface area contributed by atoms with Crippen molar-refractivity contribution in [2.24, 2.45) is 0 Å². The Morgan fingerprint density at radius 3 is 2.67 bits per heavy atom. The topological polar surface area (TPSA) is 79.4 Å². The SMILES string of the molecule is FC(F)(F)c1nc(-c2ncn[nH]2)nc2c1CNC2. The number of hydrogen-bond acceptors (Lipinski definition) is 5. The van der Waals surface area contributed by atoms with Gasteiger partial charge in [-0.1, -0.05) is 0 Å². The monoisotopic (exact) mass is 256 g/mol. The lowest BCUT2D eigenvalue weighted by molar-refractivity contribution is -0.141. The van der Waals surface area contributed by atoms with Crippen molar-refractivity contribution in [3.63, 3.8) is 0 Å². The maximum Gasteiger partial charge on any atom is 0.433 e. The molecule has 94 valence electrons. The van der Waals surface area contributed by atoms with Crippen molar-refractivity contribution in [2.45, 2.75) is 19.3 Å². The van der Waals surface area contributed by atoms with Crippen LogP contribution in [0.1, 0.15) is 17.0 Å². The molecule has 2 aromatic rings. The van der Waals surface area contributed by atoms with Gasteiger partial charge in [0.15, 0.2) is 17.3 Å². The van der Waals surface area contributed by atoms with Crippen LogP contribution in [0.3, 0.4) is 0 Å². The number of halogens is 3. The molecule has 0 saturated heterocycles. The molecule has 0 saturated carbocycles. The zero-order valence-electron chi connectivity index (χ0n) is 8.91. The fraction of sp³-hybridized carbons (Fsp3) is 0.333. The summed E-state index contributed by atoms with van der Waals surface area (Å²) >= 11 is 0. The van der Waals surface area contributed by atoms with Crippen LogP contribution >= 0.6 is 0 Å². The van der Waals surface area contributed by atoms with Crippen molar-refractivity contribution in [2.75, 3.05) is 0 Å². The van der Waals surface area contributed by atoms with E-state index in [1.165, 1.54) is 6.33 Å². The highest BCUT2D eigenvalue weighted by atomic mass is 19.4. The molecule has 0 fully saturated rings. The second kappa shape index (κ2) is 3.73. The Balaban J connectivity index is 2.20. The van der Waals surface area contributed by atoms with Crippen LogP contribution in [0.2, 0.25) is 0 Å². The number of aromatic nitrogens is 5. The van der Waals surface area contributed by atoms with Gasteiger partial charge in [-0.25, -0.2) is 15.0 Å². The molecule has 2 aromatic heterocycles. The Hall–Kier alpha value is -2.03. The van der Waals surface area contributed by atoms with Crippen molar-refractivity contribution in [1.29, 1.82) is 0 Å². The molecule has 0 unspecified atom stereocenters. The molecule has 1 aliphatic rings. The molecule has 6 nitrogen and oxygen atoms in total. The number of aromatic amines is 1. The van der Waals surface area contributed by atoms with Gasteiger partial charge < -0.3 is 5.32 Å². The third-order valence-corrected chi connectivity index (χ3v) is 2.58. The van der Waals surface area contributed by atoms with Crippen LogP contribution in [0.25, 0.3) is 11.6 Å². The number of hydrogen-bond donors (Lipinski definition) is 2. The smallest absolute Gasteiger partial charge is 0.307 e. The average molecular weight is 256 g/mol. The highest BCUT2D eigenvalue weighted by molar-refractivity contribution is 5.46. The van der Waals surface area contributed by atoms with Crippen molar-refractivity contribution in [3.05, 3.63) is 23.3 Å². The van der Waals surface area contributed by atoms with Crippen molar-refractivity contribution in [1.82, 2.24) is 30.5 Å². The van der Waals surface area contributed by atoms with Crippen molar-refractivity contribution >= 4 is 0 Å². The molecule has 3 rings (SSSR count). The van der Waals surface area contributed by atoms with Crippen LogP contribution in [0, 0.1) is 0 Å². The van der Waals surface area contributed by atoms with Gasteiger partial charge >= 0.3 is 6.18 Å². The highest BCUT2D eigenvalue weighted by Crippen LogP contribution is 2.33. The summed E-state index contributed by atoms with van der Waals surface area (Å²) in [7, 11) is 0. The first-order chi connectivity index (χ1) is 8.55. The Bertz CT molecular complexity index is 577. The number of nitrogens with zero attached hydrogens (tertiary/aromatic N) is 4. The van der Waals surface area contributed by atoms with E-state index in [1.54, 1.807) is 0 Å². The minimum Gasteiger partial charge on any atom is -0.307 e. The third-order valence-electron chi connectivity index (χ3n) is 2.58. The van der Waals surface area contributed by atoms with Crippen LogP contribution in [0.4, 0.5) is 13.2 Å². The Labute approximate surface area is 98.7 Å². The summed E-state index contributed by atoms with van der Waals surface area (Å²) in [6, 6.07) is 0. The number of rotatable bonds is 1. The molecule has 1 aliphatic heterocycles. The minimum atomic E-state index is -4.51. The zero-order valence-corrected chi connectivity index (χ0v) is 8.91. The van der Waals surface area contributed by atoms with Gasteiger partial charge in [-0.15, -0.1) is 0 Å². The molecule has 0 amide bonds. The Morgan fingerprint density at radius 1 is 1.17 bits per heavy atom. The summed E-state index contributed by atoms with van der Waals surface area (Å²) in [5.41, 5.74) is -0.460. The van der Waals surface area contributed by atoms with E-state index in [9.17, 15) is 13.2 Å².